The van der Waals surface area contributed by atoms with Crippen LogP contribution in [0.25, 0.3) is 0 Å². The van der Waals surface area contributed by atoms with Gasteiger partial charge in [0.25, 0.3) is 5.91 Å². The van der Waals surface area contributed by atoms with Gasteiger partial charge in [-0.2, -0.15) is 0 Å². The molecule has 102 valence electrons. The molecule has 2 rings (SSSR count). The maximum atomic E-state index is 11.9. The van der Waals surface area contributed by atoms with Crippen LogP contribution in [-0.4, -0.2) is 43.3 Å². The van der Waals surface area contributed by atoms with E-state index >= 15 is 0 Å². The van der Waals surface area contributed by atoms with Crippen LogP contribution in [0.1, 0.15) is 15.9 Å². The van der Waals surface area contributed by atoms with Gasteiger partial charge in [-0.25, -0.2) is 0 Å². The minimum absolute atomic E-state index is 0.0666. The van der Waals surface area contributed by atoms with E-state index in [4.69, 9.17) is 4.74 Å². The zero-order chi connectivity index (χ0) is 13.8. The molecule has 19 heavy (non-hydrogen) atoms. The molecule has 0 bridgehead atoms. The van der Waals surface area contributed by atoms with Crippen molar-refractivity contribution in [1.29, 1.82) is 0 Å². The first-order chi connectivity index (χ1) is 9.10. The Balaban J connectivity index is 1.97. The Bertz CT molecular complexity index is 501. The van der Waals surface area contributed by atoms with Gasteiger partial charge in [0.1, 0.15) is 0 Å². The Morgan fingerprint density at radius 3 is 3.11 bits per heavy atom. The first-order valence-corrected chi connectivity index (χ1v) is 5.98. The zero-order valence-electron chi connectivity index (χ0n) is 10.6. The van der Waals surface area contributed by atoms with Crippen LogP contribution < -0.4 is 10.6 Å². The minimum atomic E-state index is -0.733. The third kappa shape index (κ3) is 3.30. The van der Waals surface area contributed by atoms with Gasteiger partial charge in [0.15, 0.2) is 0 Å². The van der Waals surface area contributed by atoms with E-state index in [1.54, 1.807) is 18.2 Å². The summed E-state index contributed by atoms with van der Waals surface area (Å²) in [5, 5.41) is 14.7. The Labute approximate surface area is 110 Å². The highest BCUT2D eigenvalue weighted by Crippen LogP contribution is 2.23. The standard InChI is InChI=1S/C13H16N2O4/c1-19-7-10(16)6-14-13(18)9-3-2-8-5-12(17)15-11(8)4-9/h2-4,10,16H,5-7H2,1H3,(H,14,18)(H,15,17). The fourth-order valence-electron chi connectivity index (χ4n) is 1.92. The largest absolute Gasteiger partial charge is 0.389 e. The van der Waals surface area contributed by atoms with Crippen LogP contribution in [0.15, 0.2) is 18.2 Å². The lowest BCUT2D eigenvalue weighted by Crippen LogP contribution is -2.34. The number of carbonyl (C=O) groups is 2. The minimum Gasteiger partial charge on any atom is -0.389 e. The number of fused-ring (bicyclic) bond motifs is 1. The molecule has 2 amide bonds. The molecule has 1 aromatic carbocycles. The summed E-state index contributed by atoms with van der Waals surface area (Å²) in [4.78, 5) is 23.1. The average molecular weight is 264 g/mol. The molecule has 1 atom stereocenters. The van der Waals surface area contributed by atoms with Crippen LogP contribution in [0, 0.1) is 0 Å². The van der Waals surface area contributed by atoms with E-state index in [0.717, 1.165) is 5.56 Å². The van der Waals surface area contributed by atoms with E-state index in [1.165, 1.54) is 7.11 Å². The summed E-state index contributed by atoms with van der Waals surface area (Å²) >= 11 is 0. The Morgan fingerprint density at radius 2 is 2.37 bits per heavy atom. The summed E-state index contributed by atoms with van der Waals surface area (Å²) < 4.78 is 4.77. The smallest absolute Gasteiger partial charge is 0.251 e. The molecule has 0 saturated heterocycles. The van der Waals surface area contributed by atoms with E-state index in [9.17, 15) is 14.7 Å². The number of methoxy groups -OCH3 is 1. The summed E-state index contributed by atoms with van der Waals surface area (Å²) in [6.07, 6.45) is -0.382. The van der Waals surface area contributed by atoms with E-state index in [1.807, 2.05) is 0 Å². The first-order valence-electron chi connectivity index (χ1n) is 5.98. The van der Waals surface area contributed by atoms with Crippen LogP contribution in [-0.2, 0) is 16.0 Å². The summed E-state index contributed by atoms with van der Waals surface area (Å²) in [5.74, 6) is -0.359. The van der Waals surface area contributed by atoms with Gasteiger partial charge in [-0.15, -0.1) is 0 Å². The SMILES string of the molecule is COCC(O)CNC(=O)c1ccc2c(c1)NC(=O)C2. The summed E-state index contributed by atoms with van der Waals surface area (Å²) in [6.45, 7) is 0.288. The number of anilines is 1. The Kier molecular flexibility index (Phi) is 4.13. The number of amides is 2. The molecule has 0 fully saturated rings. The molecule has 0 aromatic heterocycles. The molecule has 1 heterocycles. The van der Waals surface area contributed by atoms with Crippen LogP contribution >= 0.6 is 0 Å². The van der Waals surface area contributed by atoms with Crippen LogP contribution in [0.5, 0.6) is 0 Å². The second kappa shape index (κ2) is 5.81. The van der Waals surface area contributed by atoms with Crippen molar-refractivity contribution in [3.05, 3.63) is 29.3 Å². The number of carbonyl (C=O) groups excluding carboxylic acids is 2. The lowest BCUT2D eigenvalue weighted by molar-refractivity contribution is -0.115. The van der Waals surface area contributed by atoms with Crippen molar-refractivity contribution >= 4 is 17.5 Å². The van der Waals surface area contributed by atoms with E-state index in [-0.39, 0.29) is 25.0 Å². The average Bonchev–Trinajstić information content (AvgIpc) is 2.75. The highest BCUT2D eigenvalue weighted by Gasteiger charge is 2.19. The second-order valence-corrected chi connectivity index (χ2v) is 4.42. The summed E-state index contributed by atoms with van der Waals surface area (Å²) in [6, 6.07) is 5.06. The van der Waals surface area contributed by atoms with Crippen molar-refractivity contribution in [2.45, 2.75) is 12.5 Å². The molecule has 1 aliphatic rings. The Hall–Kier alpha value is -1.92. The number of hydrogen-bond acceptors (Lipinski definition) is 4. The van der Waals surface area contributed by atoms with Gasteiger partial charge < -0.3 is 20.5 Å². The molecule has 0 radical (unpaired) electrons. The summed E-state index contributed by atoms with van der Waals surface area (Å²) in [5.41, 5.74) is 2.02. The maximum Gasteiger partial charge on any atom is 0.251 e. The number of aliphatic hydroxyl groups is 1. The van der Waals surface area contributed by atoms with Crippen molar-refractivity contribution in [2.24, 2.45) is 0 Å². The van der Waals surface area contributed by atoms with Gasteiger partial charge >= 0.3 is 0 Å². The molecule has 0 saturated carbocycles. The quantitative estimate of drug-likeness (QED) is 0.694. The predicted octanol–water partition coefficient (Wildman–Crippen LogP) is -0.0817. The van der Waals surface area contributed by atoms with Crippen molar-refractivity contribution in [3.63, 3.8) is 0 Å². The highest BCUT2D eigenvalue weighted by molar-refractivity contribution is 6.02. The molecule has 3 N–H and O–H groups in total. The first kappa shape index (κ1) is 13.5. The fraction of sp³-hybridized carbons (Fsp3) is 0.385. The molecular weight excluding hydrogens is 248 g/mol. The highest BCUT2D eigenvalue weighted by atomic mass is 16.5. The molecule has 0 aliphatic carbocycles. The number of ether oxygens (including phenoxy) is 1. The molecule has 1 unspecified atom stereocenters. The Morgan fingerprint density at radius 1 is 1.58 bits per heavy atom. The van der Waals surface area contributed by atoms with Crippen molar-refractivity contribution < 1.29 is 19.4 Å². The molecule has 6 heteroatoms. The lowest BCUT2D eigenvalue weighted by atomic mass is 10.1. The van der Waals surface area contributed by atoms with Crippen LogP contribution in [0.3, 0.4) is 0 Å². The molecule has 1 aromatic rings. The molecule has 0 spiro atoms. The predicted molar refractivity (Wildman–Crippen MR) is 69.0 cm³/mol. The van der Waals surface area contributed by atoms with Gasteiger partial charge in [-0.3, -0.25) is 9.59 Å². The van der Waals surface area contributed by atoms with Crippen molar-refractivity contribution in [1.82, 2.24) is 5.32 Å². The molecular formula is C13H16N2O4. The van der Waals surface area contributed by atoms with Crippen LogP contribution in [0.4, 0.5) is 5.69 Å². The normalized spacial score (nSPS) is 14.7. The van der Waals surface area contributed by atoms with E-state index < -0.39 is 6.10 Å². The monoisotopic (exact) mass is 264 g/mol. The second-order valence-electron chi connectivity index (χ2n) is 4.42. The zero-order valence-corrected chi connectivity index (χ0v) is 10.6. The topological polar surface area (TPSA) is 87.7 Å². The molecule has 6 nitrogen and oxygen atoms in total. The van der Waals surface area contributed by atoms with E-state index in [2.05, 4.69) is 10.6 Å². The van der Waals surface area contributed by atoms with Crippen molar-refractivity contribution in [3.8, 4) is 0 Å². The van der Waals surface area contributed by atoms with Crippen molar-refractivity contribution in [2.75, 3.05) is 25.6 Å². The van der Waals surface area contributed by atoms with Gasteiger partial charge in [-0.05, 0) is 17.7 Å². The fourth-order valence-corrected chi connectivity index (χ4v) is 1.92. The number of benzene rings is 1. The maximum absolute atomic E-state index is 11.9. The van der Waals surface area contributed by atoms with Gasteiger partial charge in [-0.1, -0.05) is 6.07 Å². The third-order valence-corrected chi connectivity index (χ3v) is 2.85. The number of rotatable bonds is 5. The molecule has 1 aliphatic heterocycles. The number of aliphatic hydroxyl groups excluding tert-OH is 1. The lowest BCUT2D eigenvalue weighted by Gasteiger charge is -2.11. The third-order valence-electron chi connectivity index (χ3n) is 2.85. The summed E-state index contributed by atoms with van der Waals surface area (Å²) in [7, 11) is 1.48. The van der Waals surface area contributed by atoms with E-state index in [0.29, 0.717) is 17.7 Å². The number of nitrogens with one attached hydrogen (secondary N) is 2. The van der Waals surface area contributed by atoms with Gasteiger partial charge in [0.2, 0.25) is 5.91 Å². The van der Waals surface area contributed by atoms with Gasteiger partial charge in [0.05, 0.1) is 19.1 Å². The number of hydrogen-bond donors (Lipinski definition) is 3. The van der Waals surface area contributed by atoms with Gasteiger partial charge in [0, 0.05) is 24.9 Å². The van der Waals surface area contributed by atoms with Crippen LogP contribution in [0.2, 0.25) is 0 Å².